The Morgan fingerprint density at radius 2 is 2.00 bits per heavy atom. The van der Waals surface area contributed by atoms with Crippen LogP contribution in [0.4, 0.5) is 5.82 Å². The summed E-state index contributed by atoms with van der Waals surface area (Å²) in [4.78, 5) is 37.3. The Morgan fingerprint density at radius 1 is 1.16 bits per heavy atom. The molecule has 4 aromatic rings. The summed E-state index contributed by atoms with van der Waals surface area (Å²) in [5.74, 6) is 0.961. The number of hydrogen-bond acceptors (Lipinski definition) is 9. The molecule has 188 valence electrons. The normalized spacial score (nSPS) is 17.6. The van der Waals surface area contributed by atoms with Crippen LogP contribution >= 0.6 is 22.7 Å². The average molecular weight is 533 g/mol. The Labute approximate surface area is 221 Å². The van der Waals surface area contributed by atoms with Gasteiger partial charge >= 0.3 is 0 Å². The van der Waals surface area contributed by atoms with E-state index in [9.17, 15) is 9.59 Å². The summed E-state index contributed by atoms with van der Waals surface area (Å²) in [7, 11) is 0. The van der Waals surface area contributed by atoms with E-state index in [2.05, 4.69) is 5.43 Å². The summed E-state index contributed by atoms with van der Waals surface area (Å²) >= 11 is 3.08. The van der Waals surface area contributed by atoms with Crippen LogP contribution in [0.5, 0.6) is 5.75 Å². The lowest BCUT2D eigenvalue weighted by molar-refractivity contribution is -0.135. The number of imide groups is 1. The number of benzene rings is 1. The Kier molecular flexibility index (Phi) is 6.23. The van der Waals surface area contributed by atoms with Crippen molar-refractivity contribution >= 4 is 50.5 Å². The molecule has 3 aromatic heterocycles. The number of nitrogens with one attached hydrogen (secondary N) is 1. The monoisotopic (exact) mass is 532 g/mol. The van der Waals surface area contributed by atoms with Crippen LogP contribution < -0.4 is 10.2 Å². The molecule has 0 aliphatic carbocycles. The largest absolute Gasteiger partial charge is 0.491 e. The van der Waals surface area contributed by atoms with Crippen LogP contribution in [0.2, 0.25) is 0 Å². The first kappa shape index (κ1) is 23.8. The fourth-order valence-electron chi connectivity index (χ4n) is 4.48. The molecule has 1 aromatic carbocycles. The minimum atomic E-state index is -0.418. The maximum atomic E-state index is 12.6. The van der Waals surface area contributed by atoms with Gasteiger partial charge in [0.15, 0.2) is 11.6 Å². The summed E-state index contributed by atoms with van der Waals surface area (Å²) < 4.78 is 11.6. The van der Waals surface area contributed by atoms with Gasteiger partial charge in [-0.25, -0.2) is 9.97 Å². The van der Waals surface area contributed by atoms with E-state index in [4.69, 9.17) is 19.4 Å². The van der Waals surface area contributed by atoms with Gasteiger partial charge in [-0.2, -0.15) is 5.01 Å². The van der Waals surface area contributed by atoms with Gasteiger partial charge in [-0.05, 0) is 73.5 Å². The molecule has 37 heavy (non-hydrogen) atoms. The van der Waals surface area contributed by atoms with Crippen molar-refractivity contribution in [3.8, 4) is 26.9 Å². The van der Waals surface area contributed by atoms with Crippen LogP contribution in [0.3, 0.4) is 0 Å². The maximum absolute atomic E-state index is 12.6. The smallest absolute Gasteiger partial charge is 0.275 e. The Balaban J connectivity index is 1.36. The van der Waals surface area contributed by atoms with E-state index in [0.29, 0.717) is 23.8 Å². The zero-order valence-electron chi connectivity index (χ0n) is 20.3. The lowest BCUT2D eigenvalue weighted by Crippen LogP contribution is -2.36. The Bertz CT molecular complexity index is 1520. The second-order valence-corrected chi connectivity index (χ2v) is 10.9. The highest BCUT2D eigenvalue weighted by atomic mass is 32.1. The predicted molar refractivity (Wildman–Crippen MR) is 145 cm³/mol. The number of hydrogen-bond donors (Lipinski definition) is 1. The number of carbonyl (C=O) groups excluding carboxylic acids is 2. The number of aryl methyl sites for hydroxylation is 1. The van der Waals surface area contributed by atoms with Crippen LogP contribution in [0.25, 0.3) is 31.4 Å². The van der Waals surface area contributed by atoms with Crippen molar-refractivity contribution in [1.29, 1.82) is 0 Å². The summed E-state index contributed by atoms with van der Waals surface area (Å²) in [5.41, 5.74) is 5.36. The molecule has 2 aliphatic rings. The number of ether oxygens (including phenoxy) is 2. The molecule has 1 N–H and O–H groups in total. The van der Waals surface area contributed by atoms with Crippen LogP contribution in [0.1, 0.15) is 25.3 Å². The molecule has 0 radical (unpaired) electrons. The highest BCUT2D eigenvalue weighted by Gasteiger charge is 2.30. The van der Waals surface area contributed by atoms with Gasteiger partial charge in [-0.3, -0.25) is 15.0 Å². The second kappa shape index (κ2) is 9.70. The van der Waals surface area contributed by atoms with Gasteiger partial charge in [0, 0.05) is 23.1 Å². The van der Waals surface area contributed by atoms with Gasteiger partial charge in [-0.1, -0.05) is 6.07 Å². The topological polar surface area (TPSA) is 93.7 Å². The van der Waals surface area contributed by atoms with E-state index in [1.165, 1.54) is 17.4 Å². The van der Waals surface area contributed by atoms with E-state index in [1.54, 1.807) is 18.3 Å². The third-order valence-corrected chi connectivity index (χ3v) is 8.53. The van der Waals surface area contributed by atoms with Crippen molar-refractivity contribution in [3.63, 3.8) is 0 Å². The van der Waals surface area contributed by atoms with Crippen molar-refractivity contribution in [2.45, 2.75) is 32.8 Å². The van der Waals surface area contributed by atoms with Crippen molar-refractivity contribution in [2.75, 3.05) is 18.6 Å². The number of carbonyl (C=O) groups is 2. The lowest BCUT2D eigenvalue weighted by Gasteiger charge is -2.17. The standard InChI is InChI=1S/C27H24N4O4S2/c1-15-13-21(32)31(27(15)33)30-25-22-16(2)23(37-26(22)29-24(28-25)20-6-4-12-36-20)17-7-9-18(10-8-17)35-14-19-5-3-11-34-19/h4,6-10,12-13,19H,3,5,11,14H2,1-2H3,(H,28,29,30). The SMILES string of the molecule is CC1=CC(=O)N(Nc2nc(-c3cccs3)nc3sc(-c4ccc(OCC5CCCO5)cc4)c(C)c23)C1=O. The number of rotatable bonds is 7. The molecule has 2 aliphatic heterocycles. The number of aromatic nitrogens is 2. The molecule has 1 saturated heterocycles. The Morgan fingerprint density at radius 3 is 2.68 bits per heavy atom. The molecule has 10 heteroatoms. The summed E-state index contributed by atoms with van der Waals surface area (Å²) in [6.07, 6.45) is 3.61. The fraction of sp³-hybridized carbons (Fsp3) is 0.259. The summed E-state index contributed by atoms with van der Waals surface area (Å²) in [6.45, 7) is 4.99. The first-order valence-corrected chi connectivity index (χ1v) is 13.7. The number of nitrogens with zero attached hydrogens (tertiary/aromatic N) is 3. The van der Waals surface area contributed by atoms with Gasteiger partial charge in [0.2, 0.25) is 0 Å². The third-order valence-electron chi connectivity index (χ3n) is 6.43. The number of thiophene rings is 2. The molecular formula is C27H24N4O4S2. The fourth-order valence-corrected chi connectivity index (χ4v) is 6.32. The number of amides is 2. The van der Waals surface area contributed by atoms with Gasteiger partial charge in [0.05, 0.1) is 16.4 Å². The lowest BCUT2D eigenvalue weighted by atomic mass is 10.1. The van der Waals surface area contributed by atoms with Gasteiger partial charge in [0.1, 0.15) is 17.2 Å². The molecule has 6 rings (SSSR count). The number of anilines is 1. The first-order chi connectivity index (χ1) is 18.0. The third kappa shape index (κ3) is 4.52. The molecule has 1 unspecified atom stereocenters. The maximum Gasteiger partial charge on any atom is 0.275 e. The van der Waals surface area contributed by atoms with Gasteiger partial charge in [0.25, 0.3) is 11.8 Å². The van der Waals surface area contributed by atoms with Crippen LogP contribution in [-0.4, -0.2) is 46.1 Å². The van der Waals surface area contributed by atoms with Crippen LogP contribution in [-0.2, 0) is 14.3 Å². The van der Waals surface area contributed by atoms with E-state index < -0.39 is 5.91 Å². The van der Waals surface area contributed by atoms with E-state index in [0.717, 1.165) is 61.3 Å². The van der Waals surface area contributed by atoms with Gasteiger partial charge in [-0.15, -0.1) is 22.7 Å². The van der Waals surface area contributed by atoms with E-state index in [-0.39, 0.29) is 12.0 Å². The zero-order valence-corrected chi connectivity index (χ0v) is 21.9. The quantitative estimate of drug-likeness (QED) is 0.310. The molecule has 0 saturated carbocycles. The highest BCUT2D eigenvalue weighted by Crippen LogP contribution is 2.42. The molecule has 0 spiro atoms. The summed E-state index contributed by atoms with van der Waals surface area (Å²) in [6, 6.07) is 11.9. The van der Waals surface area contributed by atoms with Crippen LogP contribution in [0.15, 0.2) is 53.4 Å². The van der Waals surface area contributed by atoms with Crippen LogP contribution in [0, 0.1) is 6.92 Å². The summed E-state index contributed by atoms with van der Waals surface area (Å²) in [5, 5.41) is 3.75. The molecular weight excluding hydrogens is 508 g/mol. The zero-order chi connectivity index (χ0) is 25.5. The highest BCUT2D eigenvalue weighted by molar-refractivity contribution is 7.22. The van der Waals surface area contributed by atoms with Crippen molar-refractivity contribution in [2.24, 2.45) is 0 Å². The number of hydrazine groups is 1. The minimum Gasteiger partial charge on any atom is -0.491 e. The molecule has 2 amide bonds. The molecule has 8 nitrogen and oxygen atoms in total. The van der Waals surface area contributed by atoms with Crippen molar-refractivity contribution in [1.82, 2.24) is 15.0 Å². The predicted octanol–water partition coefficient (Wildman–Crippen LogP) is 5.60. The molecule has 1 atom stereocenters. The Hall–Kier alpha value is -3.60. The molecule has 0 bridgehead atoms. The molecule has 5 heterocycles. The van der Waals surface area contributed by atoms with Crippen molar-refractivity contribution < 1.29 is 19.1 Å². The first-order valence-electron chi connectivity index (χ1n) is 12.0. The molecule has 1 fully saturated rings. The minimum absolute atomic E-state index is 0.167. The van der Waals surface area contributed by atoms with E-state index >= 15 is 0 Å². The van der Waals surface area contributed by atoms with Gasteiger partial charge < -0.3 is 9.47 Å². The second-order valence-electron chi connectivity index (χ2n) is 9.00. The average Bonchev–Trinajstić information content (AvgIpc) is 3.70. The van der Waals surface area contributed by atoms with E-state index in [1.807, 2.05) is 48.7 Å². The van der Waals surface area contributed by atoms with Crippen molar-refractivity contribution in [3.05, 3.63) is 59.0 Å². The number of fused-ring (bicyclic) bond motifs is 1.